The number of nitrogens with zero attached hydrogens (tertiary/aromatic N) is 2. The van der Waals surface area contributed by atoms with E-state index < -0.39 is 4.87 Å². The number of benzene rings is 3. The third-order valence-electron chi connectivity index (χ3n) is 6.83. The highest BCUT2D eigenvalue weighted by Crippen LogP contribution is 2.55. The Kier molecular flexibility index (Phi) is 5.88. The molecule has 0 radical (unpaired) electrons. The molecule has 180 valence electrons. The lowest BCUT2D eigenvalue weighted by Crippen LogP contribution is -2.50. The molecule has 0 aliphatic carbocycles. The molecule has 0 saturated carbocycles. The molecule has 2 heterocycles. The molecule has 0 bridgehead atoms. The molecular formula is C29H30N2O3S. The standard InChI is InChI=1S/C29H30N2O3S/c1-28(2,3)22-12-10-20(11-13-22)19-30-25-15-14-23(34-4)18-24(25)29(27(30)33)31(16-17-35-29)26(32)21-8-6-5-7-9-21/h5-15,18H,16-17,19H2,1-4H3/t29-/m0/s1. The number of thioether (sulfide) groups is 1. The van der Waals surface area contributed by atoms with Crippen LogP contribution in [0.3, 0.4) is 0 Å². The predicted octanol–water partition coefficient (Wildman–Crippen LogP) is 5.58. The van der Waals surface area contributed by atoms with E-state index >= 15 is 0 Å². The quantitative estimate of drug-likeness (QED) is 0.483. The van der Waals surface area contributed by atoms with E-state index in [1.54, 1.807) is 24.1 Å². The van der Waals surface area contributed by atoms with Gasteiger partial charge in [-0.3, -0.25) is 9.59 Å². The van der Waals surface area contributed by atoms with E-state index in [4.69, 9.17) is 4.74 Å². The van der Waals surface area contributed by atoms with E-state index in [0.717, 1.165) is 16.8 Å². The second-order valence-corrected chi connectivity index (χ2v) is 11.3. The van der Waals surface area contributed by atoms with E-state index in [9.17, 15) is 9.59 Å². The van der Waals surface area contributed by atoms with Crippen LogP contribution < -0.4 is 9.64 Å². The molecule has 35 heavy (non-hydrogen) atoms. The lowest BCUT2D eigenvalue weighted by molar-refractivity contribution is -0.123. The third-order valence-corrected chi connectivity index (χ3v) is 8.25. The first-order valence-corrected chi connectivity index (χ1v) is 12.8. The number of hydrogen-bond donors (Lipinski definition) is 0. The van der Waals surface area contributed by atoms with Crippen molar-refractivity contribution in [3.8, 4) is 5.75 Å². The van der Waals surface area contributed by atoms with Crippen molar-refractivity contribution >= 4 is 29.3 Å². The average Bonchev–Trinajstić information content (AvgIpc) is 3.40. The molecule has 0 aromatic heterocycles. The SMILES string of the molecule is COc1ccc2c(c1)[C@]1(SCCN1C(=O)c1ccccc1)C(=O)N2Cc1ccc(C(C)(C)C)cc1. The molecule has 3 aromatic rings. The highest BCUT2D eigenvalue weighted by Gasteiger charge is 2.59. The second-order valence-electron chi connectivity index (χ2n) is 10.0. The Bertz CT molecular complexity index is 1270. The van der Waals surface area contributed by atoms with Crippen LogP contribution in [0, 0.1) is 0 Å². The highest BCUT2D eigenvalue weighted by molar-refractivity contribution is 8.01. The number of amides is 2. The maximum Gasteiger partial charge on any atom is 0.268 e. The van der Waals surface area contributed by atoms with Gasteiger partial charge in [0, 0.05) is 23.4 Å². The van der Waals surface area contributed by atoms with Gasteiger partial charge in [0.25, 0.3) is 11.8 Å². The fourth-order valence-corrected chi connectivity index (χ4v) is 6.36. The lowest BCUT2D eigenvalue weighted by atomic mass is 9.87. The van der Waals surface area contributed by atoms with Gasteiger partial charge in [-0.25, -0.2) is 0 Å². The summed E-state index contributed by atoms with van der Waals surface area (Å²) >= 11 is 1.53. The van der Waals surface area contributed by atoms with Crippen LogP contribution >= 0.6 is 11.8 Å². The van der Waals surface area contributed by atoms with Crippen LogP contribution in [0.5, 0.6) is 5.75 Å². The van der Waals surface area contributed by atoms with Crippen LogP contribution in [0.4, 0.5) is 5.69 Å². The lowest BCUT2D eigenvalue weighted by Gasteiger charge is -2.33. The van der Waals surface area contributed by atoms with Crippen molar-refractivity contribution in [1.82, 2.24) is 4.90 Å². The van der Waals surface area contributed by atoms with Crippen molar-refractivity contribution in [3.63, 3.8) is 0 Å². The molecule has 1 atom stereocenters. The fraction of sp³-hybridized carbons (Fsp3) is 0.310. The summed E-state index contributed by atoms with van der Waals surface area (Å²) < 4.78 is 5.51. The zero-order valence-corrected chi connectivity index (χ0v) is 21.4. The summed E-state index contributed by atoms with van der Waals surface area (Å²) in [6.45, 7) is 7.52. The molecule has 2 aliphatic rings. The second kappa shape index (κ2) is 8.76. The molecule has 1 saturated heterocycles. The summed E-state index contributed by atoms with van der Waals surface area (Å²) in [5.41, 5.74) is 4.60. The minimum Gasteiger partial charge on any atom is -0.497 e. The normalized spacial score (nSPS) is 19.4. The molecular weight excluding hydrogens is 456 g/mol. The van der Waals surface area contributed by atoms with Crippen molar-refractivity contribution in [2.24, 2.45) is 0 Å². The summed E-state index contributed by atoms with van der Waals surface area (Å²) in [5, 5.41) is 0. The van der Waals surface area contributed by atoms with Crippen molar-refractivity contribution in [2.45, 2.75) is 37.6 Å². The molecule has 5 nitrogen and oxygen atoms in total. The molecule has 2 amide bonds. The maximum atomic E-state index is 14.2. The number of fused-ring (bicyclic) bond motifs is 2. The van der Waals surface area contributed by atoms with Crippen molar-refractivity contribution in [1.29, 1.82) is 0 Å². The van der Waals surface area contributed by atoms with E-state index in [0.29, 0.717) is 30.2 Å². The number of methoxy groups -OCH3 is 1. The Morgan fingerprint density at radius 2 is 1.74 bits per heavy atom. The van der Waals surface area contributed by atoms with E-state index in [1.807, 2.05) is 41.3 Å². The first-order valence-electron chi connectivity index (χ1n) is 11.9. The van der Waals surface area contributed by atoms with Gasteiger partial charge in [0.1, 0.15) is 5.75 Å². The zero-order chi connectivity index (χ0) is 24.8. The zero-order valence-electron chi connectivity index (χ0n) is 20.6. The Morgan fingerprint density at radius 1 is 1.03 bits per heavy atom. The Labute approximate surface area is 211 Å². The summed E-state index contributed by atoms with van der Waals surface area (Å²) in [5.74, 6) is 1.16. The fourth-order valence-electron chi connectivity index (χ4n) is 4.91. The first-order chi connectivity index (χ1) is 16.8. The van der Waals surface area contributed by atoms with Gasteiger partial charge in [-0.1, -0.05) is 63.2 Å². The van der Waals surface area contributed by atoms with Crippen molar-refractivity contribution in [2.75, 3.05) is 24.3 Å². The van der Waals surface area contributed by atoms with Gasteiger partial charge in [0.2, 0.25) is 0 Å². The van der Waals surface area contributed by atoms with Crippen LogP contribution in [0.25, 0.3) is 0 Å². The van der Waals surface area contributed by atoms with Crippen LogP contribution in [-0.4, -0.2) is 36.1 Å². The van der Waals surface area contributed by atoms with E-state index in [-0.39, 0.29) is 17.2 Å². The van der Waals surface area contributed by atoms with E-state index in [1.165, 1.54) is 17.3 Å². The molecule has 2 aliphatic heterocycles. The van der Waals surface area contributed by atoms with Gasteiger partial charge in [-0.15, -0.1) is 11.8 Å². The predicted molar refractivity (Wildman–Crippen MR) is 141 cm³/mol. The Balaban J connectivity index is 1.56. The molecule has 0 unspecified atom stereocenters. The number of carbonyl (C=O) groups is 2. The monoisotopic (exact) mass is 486 g/mol. The van der Waals surface area contributed by atoms with Crippen molar-refractivity contribution in [3.05, 3.63) is 95.1 Å². The highest BCUT2D eigenvalue weighted by atomic mass is 32.2. The van der Waals surface area contributed by atoms with Crippen LogP contribution in [0.15, 0.2) is 72.8 Å². The van der Waals surface area contributed by atoms with E-state index in [2.05, 4.69) is 45.0 Å². The van der Waals surface area contributed by atoms with Gasteiger partial charge in [0.15, 0.2) is 4.87 Å². The molecule has 3 aromatic carbocycles. The van der Waals surface area contributed by atoms with Crippen molar-refractivity contribution < 1.29 is 14.3 Å². The van der Waals surface area contributed by atoms with Gasteiger partial charge in [-0.05, 0) is 46.9 Å². The molecule has 1 fully saturated rings. The number of ether oxygens (including phenoxy) is 1. The molecule has 0 N–H and O–H groups in total. The van der Waals surface area contributed by atoms with Crippen LogP contribution in [-0.2, 0) is 21.6 Å². The number of carbonyl (C=O) groups excluding carboxylic acids is 2. The number of rotatable bonds is 4. The third kappa shape index (κ3) is 3.90. The largest absolute Gasteiger partial charge is 0.497 e. The molecule has 6 heteroatoms. The van der Waals surface area contributed by atoms with Crippen LogP contribution in [0.1, 0.15) is 47.8 Å². The summed E-state index contributed by atoms with van der Waals surface area (Å²) in [6, 6.07) is 23.4. The van der Waals surface area contributed by atoms with Gasteiger partial charge < -0.3 is 14.5 Å². The van der Waals surface area contributed by atoms with Gasteiger partial charge >= 0.3 is 0 Å². The average molecular weight is 487 g/mol. The van der Waals surface area contributed by atoms with Gasteiger partial charge in [0.05, 0.1) is 19.3 Å². The summed E-state index contributed by atoms with van der Waals surface area (Å²) in [7, 11) is 1.62. The smallest absolute Gasteiger partial charge is 0.268 e. The minimum atomic E-state index is -1.10. The summed E-state index contributed by atoms with van der Waals surface area (Å²) in [4.78, 5) is 30.3. The minimum absolute atomic E-state index is 0.0635. The van der Waals surface area contributed by atoms with Gasteiger partial charge in [-0.2, -0.15) is 0 Å². The molecule has 1 spiro atoms. The van der Waals surface area contributed by atoms with Crippen LogP contribution in [0.2, 0.25) is 0 Å². The number of anilines is 1. The molecule has 5 rings (SSSR count). The first kappa shape index (κ1) is 23.5. The Hall–Kier alpha value is -3.25. The summed E-state index contributed by atoms with van der Waals surface area (Å²) in [6.07, 6.45) is 0. The topological polar surface area (TPSA) is 49.9 Å². The maximum absolute atomic E-state index is 14.2. The Morgan fingerprint density at radius 3 is 2.40 bits per heavy atom. The number of hydrogen-bond acceptors (Lipinski definition) is 4.